The van der Waals surface area contributed by atoms with E-state index in [1.54, 1.807) is 5.11 Å². The smallest absolute Gasteiger partial charge is 0.228 e. The number of rotatable bonds is 2. The molecule has 0 heterocycles. The van der Waals surface area contributed by atoms with Gasteiger partial charge in [-0.15, -0.1) is 13.2 Å². The molecule has 0 N–H and O–H groups in total. The van der Waals surface area contributed by atoms with Crippen LogP contribution in [-0.4, -0.2) is 18.5 Å². The number of alkyl halides is 5. The van der Waals surface area contributed by atoms with Gasteiger partial charge in [0.25, 0.3) is 0 Å². The van der Waals surface area contributed by atoms with Gasteiger partial charge in [0.15, 0.2) is 5.63 Å². The molecule has 10 heavy (non-hydrogen) atoms. The Morgan fingerprint density at radius 1 is 1.40 bits per heavy atom. The third-order valence-corrected chi connectivity index (χ3v) is 0.542. The normalized spacial score (nSPS) is 16.1. The molecular formula is C3H3ClF4N2. The predicted molar refractivity (Wildman–Crippen MR) is 26.5 cm³/mol. The Bertz CT molecular complexity index is 120. The first kappa shape index (κ1) is 9.61. The number of halogens is 5. The molecule has 0 radical (unpaired) electrons. The molecule has 1 unspecified atom stereocenters. The molecular weight excluding hydrogens is 175 g/mol. The molecule has 2 nitrogen and oxygen atoms in total. The first-order valence-corrected chi connectivity index (χ1v) is 2.59. The molecule has 0 aromatic rings. The van der Waals surface area contributed by atoms with E-state index in [0.717, 1.165) is 0 Å². The van der Waals surface area contributed by atoms with Gasteiger partial charge < -0.3 is 0 Å². The van der Waals surface area contributed by atoms with Gasteiger partial charge in [0.05, 0.1) is 0 Å². The van der Waals surface area contributed by atoms with Crippen molar-refractivity contribution in [3.05, 3.63) is 0 Å². The highest BCUT2D eigenvalue weighted by atomic mass is 35.5. The zero-order valence-electron chi connectivity index (χ0n) is 4.57. The Morgan fingerprint density at radius 2 is 1.90 bits per heavy atom. The van der Waals surface area contributed by atoms with Crippen LogP contribution < -0.4 is 0 Å². The molecule has 1 atom stereocenters. The molecule has 0 rings (SSSR count). The van der Waals surface area contributed by atoms with Gasteiger partial charge in [0.2, 0.25) is 0 Å². The largest absolute Gasteiger partial charge is 0.520 e. The van der Waals surface area contributed by atoms with Crippen molar-refractivity contribution in [2.45, 2.75) is 11.9 Å². The summed E-state index contributed by atoms with van der Waals surface area (Å²) in [5, 5.41) is 4.23. The second-order valence-corrected chi connectivity index (χ2v) is 1.76. The van der Waals surface area contributed by atoms with E-state index < -0.39 is 18.5 Å². The van der Waals surface area contributed by atoms with Crippen LogP contribution >= 0.6 is 11.6 Å². The van der Waals surface area contributed by atoms with Gasteiger partial charge in [-0.2, -0.15) is 5.11 Å². The molecule has 0 aliphatic heterocycles. The quantitative estimate of drug-likeness (QED) is 0.269. The minimum absolute atomic E-state index is 0.777. The molecule has 0 amide bonds. The standard InChI is InChI=1S/C3H3ClF4N2/c4-2(5)1-9-10-3(6,7)8/h2H,1H2. The maximum atomic E-state index is 11.5. The van der Waals surface area contributed by atoms with Crippen molar-refractivity contribution in [2.24, 2.45) is 10.2 Å². The molecule has 0 aromatic heterocycles. The molecule has 0 aliphatic carbocycles. The van der Waals surface area contributed by atoms with Crippen molar-refractivity contribution in [1.29, 1.82) is 0 Å². The van der Waals surface area contributed by atoms with Crippen LogP contribution in [0.25, 0.3) is 0 Å². The fraction of sp³-hybridized carbons (Fsp3) is 1.00. The van der Waals surface area contributed by atoms with E-state index >= 15 is 0 Å². The van der Waals surface area contributed by atoms with Gasteiger partial charge >= 0.3 is 6.30 Å². The van der Waals surface area contributed by atoms with Crippen molar-refractivity contribution in [1.82, 2.24) is 0 Å². The lowest BCUT2D eigenvalue weighted by Crippen LogP contribution is -2.02. The Morgan fingerprint density at radius 3 is 2.20 bits per heavy atom. The fourth-order valence-corrected chi connectivity index (χ4v) is 0.244. The lowest BCUT2D eigenvalue weighted by atomic mass is 10.8. The van der Waals surface area contributed by atoms with E-state index in [-0.39, 0.29) is 0 Å². The summed E-state index contributed by atoms with van der Waals surface area (Å²) in [5.41, 5.74) is -1.91. The average molecular weight is 179 g/mol. The highest BCUT2D eigenvalue weighted by Gasteiger charge is 2.26. The summed E-state index contributed by atoms with van der Waals surface area (Å²) in [6.07, 6.45) is -4.73. The topological polar surface area (TPSA) is 24.7 Å². The van der Waals surface area contributed by atoms with Crippen LogP contribution in [0.3, 0.4) is 0 Å². The molecule has 0 bridgehead atoms. The van der Waals surface area contributed by atoms with Gasteiger partial charge in [-0.25, -0.2) is 4.39 Å². The number of hydrogen-bond donors (Lipinski definition) is 0. The Hall–Kier alpha value is -0.390. The predicted octanol–water partition coefficient (Wildman–Crippen LogP) is 2.49. The van der Waals surface area contributed by atoms with E-state index in [9.17, 15) is 17.6 Å². The molecule has 0 aromatic carbocycles. The minimum Gasteiger partial charge on any atom is -0.228 e. The van der Waals surface area contributed by atoms with Crippen LogP contribution in [0, 0.1) is 0 Å². The highest BCUT2D eigenvalue weighted by molar-refractivity contribution is 6.19. The van der Waals surface area contributed by atoms with Crippen molar-refractivity contribution < 1.29 is 17.6 Å². The summed E-state index contributed by atoms with van der Waals surface area (Å²) in [6.45, 7) is -0.777. The number of hydrogen-bond acceptors (Lipinski definition) is 2. The average Bonchev–Trinajstić information content (AvgIpc) is 1.59. The second kappa shape index (κ2) is 3.70. The lowest BCUT2D eigenvalue weighted by Gasteiger charge is -1.94. The highest BCUT2D eigenvalue weighted by Crippen LogP contribution is 2.16. The van der Waals surface area contributed by atoms with Crippen molar-refractivity contribution in [3.63, 3.8) is 0 Å². The fourth-order valence-electron chi connectivity index (χ4n) is 0.183. The summed E-state index contributed by atoms with van der Waals surface area (Å²) >= 11 is 4.62. The maximum absolute atomic E-state index is 11.5. The van der Waals surface area contributed by atoms with Crippen LogP contribution in [-0.2, 0) is 0 Å². The molecule has 0 spiro atoms. The number of azo groups is 1. The monoisotopic (exact) mass is 178 g/mol. The maximum Gasteiger partial charge on any atom is 0.520 e. The van der Waals surface area contributed by atoms with E-state index in [0.29, 0.717) is 0 Å². The molecule has 0 saturated carbocycles. The molecule has 0 fully saturated rings. The first-order valence-electron chi connectivity index (χ1n) is 2.15. The summed E-state index contributed by atoms with van der Waals surface area (Å²) in [7, 11) is 0. The van der Waals surface area contributed by atoms with Gasteiger partial charge in [-0.1, -0.05) is 16.7 Å². The summed E-state index contributed by atoms with van der Waals surface area (Å²) in [6, 6.07) is 0. The summed E-state index contributed by atoms with van der Waals surface area (Å²) in [4.78, 5) is 0. The third kappa shape index (κ3) is 7.61. The van der Waals surface area contributed by atoms with Gasteiger partial charge in [-0.3, -0.25) is 0 Å². The number of nitrogens with zero attached hydrogens (tertiary/aromatic N) is 2. The van der Waals surface area contributed by atoms with E-state index in [1.165, 1.54) is 0 Å². The minimum atomic E-state index is -4.73. The summed E-state index contributed by atoms with van der Waals surface area (Å²) in [5.74, 6) is 0. The van der Waals surface area contributed by atoms with Crippen LogP contribution in [0.15, 0.2) is 10.2 Å². The SMILES string of the molecule is FC(Cl)CN=NC(F)(F)F. The lowest BCUT2D eigenvalue weighted by molar-refractivity contribution is -0.126. The molecule has 0 saturated heterocycles. The van der Waals surface area contributed by atoms with Crippen molar-refractivity contribution in [3.8, 4) is 0 Å². The van der Waals surface area contributed by atoms with Gasteiger partial charge in [0.1, 0.15) is 6.54 Å². The van der Waals surface area contributed by atoms with Crippen LogP contribution in [0.5, 0.6) is 0 Å². The van der Waals surface area contributed by atoms with Gasteiger partial charge in [-0.05, 0) is 0 Å². The zero-order valence-corrected chi connectivity index (χ0v) is 5.32. The van der Waals surface area contributed by atoms with E-state index in [2.05, 4.69) is 16.7 Å². The molecule has 0 aliphatic rings. The molecule has 60 valence electrons. The van der Waals surface area contributed by atoms with Crippen LogP contribution in [0.1, 0.15) is 0 Å². The summed E-state index contributed by atoms with van der Waals surface area (Å²) < 4.78 is 44.8. The Kier molecular flexibility index (Phi) is 3.55. The van der Waals surface area contributed by atoms with E-state index in [4.69, 9.17) is 0 Å². The van der Waals surface area contributed by atoms with Crippen LogP contribution in [0.2, 0.25) is 0 Å². The zero-order chi connectivity index (χ0) is 8.20. The Labute approximate surface area is 58.9 Å². The van der Waals surface area contributed by atoms with Crippen LogP contribution in [0.4, 0.5) is 17.6 Å². The second-order valence-electron chi connectivity index (χ2n) is 1.28. The van der Waals surface area contributed by atoms with Gasteiger partial charge in [0, 0.05) is 0 Å². The first-order chi connectivity index (χ1) is 4.42. The molecule has 7 heteroatoms. The Balaban J connectivity index is 3.57. The third-order valence-electron chi connectivity index (χ3n) is 0.404. The van der Waals surface area contributed by atoms with E-state index in [1.807, 2.05) is 0 Å². The van der Waals surface area contributed by atoms with Crippen molar-refractivity contribution >= 4 is 11.6 Å². The van der Waals surface area contributed by atoms with Crippen molar-refractivity contribution in [2.75, 3.05) is 6.54 Å².